The molecule has 0 aliphatic rings. The standard InChI is InChI=1S/C4H7FS/c1-6-4-2-3-5/h2-3H,4H2,1H3. The zero-order valence-electron chi connectivity index (χ0n) is 3.65. The van der Waals surface area contributed by atoms with Crippen LogP contribution in [0.1, 0.15) is 0 Å². The Hall–Kier alpha value is 0.0200. The number of hydrogen-bond acceptors (Lipinski definition) is 1. The molecule has 0 bridgehead atoms. The monoisotopic (exact) mass is 106 g/mol. The van der Waals surface area contributed by atoms with E-state index in [-0.39, 0.29) is 0 Å². The summed E-state index contributed by atoms with van der Waals surface area (Å²) in [4.78, 5) is 0. The van der Waals surface area contributed by atoms with Crippen LogP contribution in [0.5, 0.6) is 0 Å². The molecule has 0 aromatic carbocycles. The molecule has 0 saturated carbocycles. The molecule has 0 aliphatic heterocycles. The highest BCUT2D eigenvalue weighted by atomic mass is 32.2. The molecule has 6 heavy (non-hydrogen) atoms. The van der Waals surface area contributed by atoms with Gasteiger partial charge in [0.05, 0.1) is 6.33 Å². The van der Waals surface area contributed by atoms with Gasteiger partial charge in [0.1, 0.15) is 0 Å². The summed E-state index contributed by atoms with van der Waals surface area (Å²) in [6.45, 7) is 0. The molecule has 0 N–H and O–H groups in total. The SMILES string of the molecule is CSCC=CF. The van der Waals surface area contributed by atoms with Gasteiger partial charge in [0.2, 0.25) is 0 Å². The van der Waals surface area contributed by atoms with Gasteiger partial charge in [0, 0.05) is 5.75 Å². The van der Waals surface area contributed by atoms with E-state index in [1.807, 2.05) is 6.26 Å². The van der Waals surface area contributed by atoms with Crippen molar-refractivity contribution < 1.29 is 4.39 Å². The first-order valence-corrected chi connectivity index (χ1v) is 3.05. The van der Waals surface area contributed by atoms with Gasteiger partial charge in [0.25, 0.3) is 0 Å². The van der Waals surface area contributed by atoms with E-state index >= 15 is 0 Å². The number of thioether (sulfide) groups is 1. The van der Waals surface area contributed by atoms with Crippen LogP contribution in [-0.4, -0.2) is 12.0 Å². The van der Waals surface area contributed by atoms with E-state index in [9.17, 15) is 4.39 Å². The van der Waals surface area contributed by atoms with E-state index in [0.717, 1.165) is 5.75 Å². The first-order valence-electron chi connectivity index (χ1n) is 1.66. The number of hydrogen-bond donors (Lipinski definition) is 0. The van der Waals surface area contributed by atoms with Gasteiger partial charge in [-0.25, -0.2) is 4.39 Å². The van der Waals surface area contributed by atoms with Crippen molar-refractivity contribution in [2.45, 2.75) is 0 Å². The van der Waals surface area contributed by atoms with Crippen LogP contribution in [0.4, 0.5) is 4.39 Å². The summed E-state index contributed by atoms with van der Waals surface area (Å²) in [5.41, 5.74) is 0. The Morgan fingerprint density at radius 2 is 2.50 bits per heavy atom. The zero-order chi connectivity index (χ0) is 4.83. The Labute approximate surface area is 41.4 Å². The molecular weight excluding hydrogens is 99.1 g/mol. The van der Waals surface area contributed by atoms with E-state index in [4.69, 9.17) is 0 Å². The van der Waals surface area contributed by atoms with Crippen molar-refractivity contribution in [2.75, 3.05) is 12.0 Å². The predicted molar refractivity (Wildman–Crippen MR) is 28.6 cm³/mol. The zero-order valence-corrected chi connectivity index (χ0v) is 4.46. The number of halogens is 1. The summed E-state index contributed by atoms with van der Waals surface area (Å²) in [5, 5.41) is 0. The predicted octanol–water partition coefficient (Wildman–Crippen LogP) is 1.83. The molecule has 0 aliphatic carbocycles. The van der Waals surface area contributed by atoms with Crippen LogP contribution in [0.25, 0.3) is 0 Å². The van der Waals surface area contributed by atoms with E-state index < -0.39 is 0 Å². The van der Waals surface area contributed by atoms with Gasteiger partial charge in [-0.3, -0.25) is 0 Å². The lowest BCUT2D eigenvalue weighted by Gasteiger charge is -1.75. The first kappa shape index (κ1) is 6.02. The van der Waals surface area contributed by atoms with Crippen molar-refractivity contribution in [2.24, 2.45) is 0 Å². The van der Waals surface area contributed by atoms with Gasteiger partial charge < -0.3 is 0 Å². The van der Waals surface area contributed by atoms with Gasteiger partial charge in [-0.05, 0) is 12.3 Å². The normalized spacial score (nSPS) is 10.3. The summed E-state index contributed by atoms with van der Waals surface area (Å²) in [5.74, 6) is 0.774. The Morgan fingerprint density at radius 3 is 2.67 bits per heavy atom. The maximum Gasteiger partial charge on any atom is 0.0835 e. The highest BCUT2D eigenvalue weighted by molar-refractivity contribution is 7.98. The lowest BCUT2D eigenvalue weighted by Crippen LogP contribution is -1.60. The van der Waals surface area contributed by atoms with Crippen molar-refractivity contribution in [3.8, 4) is 0 Å². The highest BCUT2D eigenvalue weighted by Gasteiger charge is 1.66. The van der Waals surface area contributed by atoms with Crippen molar-refractivity contribution in [1.29, 1.82) is 0 Å². The largest absolute Gasteiger partial charge is 0.216 e. The molecule has 0 nitrogen and oxygen atoms in total. The van der Waals surface area contributed by atoms with Gasteiger partial charge in [0.15, 0.2) is 0 Å². The maximum atomic E-state index is 11.0. The van der Waals surface area contributed by atoms with E-state index in [1.165, 1.54) is 6.08 Å². The summed E-state index contributed by atoms with van der Waals surface area (Å²) in [6, 6.07) is 0. The lowest BCUT2D eigenvalue weighted by molar-refractivity contribution is 0.719. The van der Waals surface area contributed by atoms with Gasteiger partial charge in [-0.1, -0.05) is 0 Å². The molecule has 0 rings (SSSR count). The lowest BCUT2D eigenvalue weighted by atomic mass is 10.7. The number of rotatable bonds is 2. The molecule has 0 saturated heterocycles. The van der Waals surface area contributed by atoms with E-state index in [0.29, 0.717) is 6.33 Å². The van der Waals surface area contributed by atoms with Crippen molar-refractivity contribution in [1.82, 2.24) is 0 Å². The van der Waals surface area contributed by atoms with Crippen molar-refractivity contribution in [3.63, 3.8) is 0 Å². The van der Waals surface area contributed by atoms with Crippen LogP contribution in [0.3, 0.4) is 0 Å². The van der Waals surface area contributed by atoms with Crippen molar-refractivity contribution >= 4 is 11.8 Å². The molecule has 0 aromatic rings. The van der Waals surface area contributed by atoms with Crippen LogP contribution >= 0.6 is 11.8 Å². The molecule has 2 heteroatoms. The molecule has 0 heterocycles. The minimum Gasteiger partial charge on any atom is -0.216 e. The highest BCUT2D eigenvalue weighted by Crippen LogP contribution is 1.89. The molecule has 0 fully saturated rings. The maximum absolute atomic E-state index is 11.0. The minimum atomic E-state index is 0.566. The molecule has 0 spiro atoms. The van der Waals surface area contributed by atoms with Gasteiger partial charge >= 0.3 is 0 Å². The Balaban J connectivity index is 2.66. The van der Waals surface area contributed by atoms with Gasteiger partial charge in [-0.15, -0.1) is 0 Å². The summed E-state index contributed by atoms with van der Waals surface area (Å²) in [6.07, 6.45) is 3.97. The fraction of sp³-hybridized carbons (Fsp3) is 0.500. The Morgan fingerprint density at radius 1 is 1.83 bits per heavy atom. The first-order chi connectivity index (χ1) is 2.91. The third kappa shape index (κ3) is 4.02. The van der Waals surface area contributed by atoms with Crippen LogP contribution < -0.4 is 0 Å². The molecule has 36 valence electrons. The van der Waals surface area contributed by atoms with Gasteiger partial charge in [-0.2, -0.15) is 11.8 Å². The molecule has 0 amide bonds. The molecule has 0 unspecified atom stereocenters. The molecule has 0 atom stereocenters. The second-order valence-electron chi connectivity index (χ2n) is 0.817. The summed E-state index contributed by atoms with van der Waals surface area (Å²) >= 11 is 1.60. The summed E-state index contributed by atoms with van der Waals surface area (Å²) < 4.78 is 11.0. The van der Waals surface area contributed by atoms with Crippen LogP contribution in [0.15, 0.2) is 12.4 Å². The Kier molecular flexibility index (Phi) is 5.04. The second-order valence-corrected chi connectivity index (χ2v) is 1.73. The van der Waals surface area contributed by atoms with Crippen molar-refractivity contribution in [3.05, 3.63) is 12.4 Å². The smallest absolute Gasteiger partial charge is 0.0835 e. The van der Waals surface area contributed by atoms with E-state index in [2.05, 4.69) is 0 Å². The average molecular weight is 106 g/mol. The topological polar surface area (TPSA) is 0 Å². The summed E-state index contributed by atoms with van der Waals surface area (Å²) in [7, 11) is 0. The third-order valence-electron chi connectivity index (χ3n) is 0.352. The third-order valence-corrected chi connectivity index (χ3v) is 0.878. The van der Waals surface area contributed by atoms with Crippen LogP contribution in [0, 0.1) is 0 Å². The fourth-order valence-corrected chi connectivity index (χ4v) is 0.398. The second kappa shape index (κ2) is 5.02. The molecular formula is C4H7FS. The van der Waals surface area contributed by atoms with E-state index in [1.54, 1.807) is 11.8 Å². The average Bonchev–Trinajstić information content (AvgIpc) is 1.61. The molecule has 0 radical (unpaired) electrons. The molecule has 0 aromatic heterocycles. The van der Waals surface area contributed by atoms with Crippen LogP contribution in [-0.2, 0) is 0 Å². The quantitative estimate of drug-likeness (QED) is 0.517. The fourth-order valence-electron chi connectivity index (χ4n) is 0.133. The Bertz CT molecular complexity index is 42.8. The minimum absolute atomic E-state index is 0.566. The van der Waals surface area contributed by atoms with Crippen LogP contribution in [0.2, 0.25) is 0 Å².